The molecule has 1 N–H and O–H groups in total. The summed E-state index contributed by atoms with van der Waals surface area (Å²) in [5.74, 6) is 2.84. The van der Waals surface area contributed by atoms with Gasteiger partial charge in [0.25, 0.3) is 0 Å². The Morgan fingerprint density at radius 3 is 2.59 bits per heavy atom. The second kappa shape index (κ2) is 8.13. The van der Waals surface area contributed by atoms with Crippen molar-refractivity contribution in [3.05, 3.63) is 15.1 Å². The molecule has 96 valence electrons. The summed E-state index contributed by atoms with van der Waals surface area (Å²) in [5, 5.41) is 3.39. The molecule has 5 heteroatoms. The van der Waals surface area contributed by atoms with Gasteiger partial charge in [0.2, 0.25) is 0 Å². The quantitative estimate of drug-likeness (QED) is 0.748. The molecular weight excluding hydrogens is 345 g/mol. The lowest BCUT2D eigenvalue weighted by molar-refractivity contribution is 0.841. The predicted molar refractivity (Wildman–Crippen MR) is 84.7 cm³/mol. The average molecular weight is 365 g/mol. The molecule has 0 atom stereocenters. The zero-order valence-corrected chi connectivity index (χ0v) is 13.7. The van der Waals surface area contributed by atoms with Crippen LogP contribution in [0.25, 0.3) is 0 Å². The molecule has 1 rings (SSSR count). The van der Waals surface area contributed by atoms with Gasteiger partial charge in [-0.15, -0.1) is 0 Å². The summed E-state index contributed by atoms with van der Waals surface area (Å²) in [6, 6.07) is 0. The van der Waals surface area contributed by atoms with Gasteiger partial charge in [0.05, 0.1) is 15.0 Å². The van der Waals surface area contributed by atoms with Crippen molar-refractivity contribution in [2.24, 2.45) is 0 Å². The van der Waals surface area contributed by atoms with Gasteiger partial charge in [0.15, 0.2) is 0 Å². The van der Waals surface area contributed by atoms with E-state index < -0.39 is 0 Å². The summed E-state index contributed by atoms with van der Waals surface area (Å²) in [6.07, 6.45) is 5.35. The smallest absolute Gasteiger partial charge is 0.143 e. The second-order valence-corrected chi connectivity index (χ2v) is 5.80. The molecule has 0 aliphatic rings. The Kier molecular flexibility index (Phi) is 7.18. The molecule has 0 aliphatic carbocycles. The minimum atomic E-state index is 0.883. The van der Waals surface area contributed by atoms with Crippen LogP contribution in [0.1, 0.15) is 38.2 Å². The molecule has 1 aromatic heterocycles. The Labute approximate surface area is 122 Å². The van der Waals surface area contributed by atoms with Gasteiger partial charge in [-0.1, -0.05) is 20.3 Å². The van der Waals surface area contributed by atoms with Crippen molar-refractivity contribution in [1.29, 1.82) is 0 Å². The van der Waals surface area contributed by atoms with E-state index in [9.17, 15) is 0 Å². The summed E-state index contributed by atoms with van der Waals surface area (Å²) in [6.45, 7) is 5.32. The molecule has 0 fully saturated rings. The minimum Gasteiger partial charge on any atom is -0.369 e. The molecule has 17 heavy (non-hydrogen) atoms. The van der Waals surface area contributed by atoms with Crippen molar-refractivity contribution < 1.29 is 0 Å². The first-order valence-corrected chi connectivity index (χ1v) is 8.48. The first-order valence-electron chi connectivity index (χ1n) is 6.01. The van der Waals surface area contributed by atoms with Crippen molar-refractivity contribution in [1.82, 2.24) is 9.97 Å². The molecule has 3 nitrogen and oxygen atoms in total. The van der Waals surface area contributed by atoms with E-state index in [1.807, 2.05) is 0 Å². The highest BCUT2D eigenvalue weighted by Crippen LogP contribution is 2.21. The van der Waals surface area contributed by atoms with Crippen LogP contribution in [0.2, 0.25) is 0 Å². The molecule has 0 bridgehead atoms. The third kappa shape index (κ3) is 4.62. The number of nitrogens with one attached hydrogen (secondary N) is 1. The van der Waals surface area contributed by atoms with Crippen LogP contribution >= 0.6 is 34.4 Å². The monoisotopic (exact) mass is 365 g/mol. The van der Waals surface area contributed by atoms with Crippen LogP contribution in [0.3, 0.4) is 0 Å². The van der Waals surface area contributed by atoms with Gasteiger partial charge >= 0.3 is 0 Å². The minimum absolute atomic E-state index is 0.883. The molecular formula is C12H20IN3S. The highest BCUT2D eigenvalue weighted by Gasteiger charge is 2.10. The number of thioether (sulfide) groups is 1. The van der Waals surface area contributed by atoms with E-state index >= 15 is 0 Å². The zero-order valence-electron chi connectivity index (χ0n) is 10.7. The van der Waals surface area contributed by atoms with Gasteiger partial charge in [-0.25, -0.2) is 9.97 Å². The molecule has 0 saturated heterocycles. The predicted octanol–water partition coefficient (Wildman–Crippen LogP) is 3.72. The zero-order chi connectivity index (χ0) is 12.7. The maximum atomic E-state index is 4.64. The van der Waals surface area contributed by atoms with Gasteiger partial charge in [0, 0.05) is 6.54 Å². The lowest BCUT2D eigenvalue weighted by Gasteiger charge is -2.12. The van der Waals surface area contributed by atoms with Crippen molar-refractivity contribution in [2.75, 3.05) is 18.1 Å². The molecule has 0 radical (unpaired) electrons. The molecule has 1 heterocycles. The summed E-state index contributed by atoms with van der Waals surface area (Å²) in [5.41, 5.74) is 1.19. The van der Waals surface area contributed by atoms with Gasteiger partial charge in [-0.05, 0) is 41.7 Å². The fourth-order valence-corrected chi connectivity index (χ4v) is 2.59. The fourth-order valence-electron chi connectivity index (χ4n) is 1.50. The molecule has 0 saturated carbocycles. The number of anilines is 1. The summed E-state index contributed by atoms with van der Waals surface area (Å²) in [7, 11) is 0. The lowest BCUT2D eigenvalue weighted by Crippen LogP contribution is -2.10. The van der Waals surface area contributed by atoms with Crippen LogP contribution in [0.5, 0.6) is 0 Å². The molecule has 0 spiro atoms. The van der Waals surface area contributed by atoms with Crippen LogP contribution in [0.4, 0.5) is 5.82 Å². The number of halogens is 1. The molecule has 0 aliphatic heterocycles. The highest BCUT2D eigenvalue weighted by atomic mass is 127. The topological polar surface area (TPSA) is 37.8 Å². The van der Waals surface area contributed by atoms with Crippen LogP contribution in [-0.2, 0) is 12.2 Å². The maximum Gasteiger partial charge on any atom is 0.143 e. The first kappa shape index (κ1) is 15.0. The van der Waals surface area contributed by atoms with Gasteiger partial charge < -0.3 is 5.32 Å². The number of nitrogens with zero attached hydrogens (tertiary/aromatic N) is 2. The third-order valence-corrected chi connectivity index (χ3v) is 3.95. The van der Waals surface area contributed by atoms with Crippen LogP contribution < -0.4 is 5.32 Å². The number of rotatable bonds is 7. The van der Waals surface area contributed by atoms with E-state index in [0.717, 1.165) is 43.2 Å². The van der Waals surface area contributed by atoms with E-state index in [2.05, 4.69) is 58.0 Å². The normalized spacial score (nSPS) is 10.6. The van der Waals surface area contributed by atoms with Gasteiger partial charge in [-0.2, -0.15) is 11.8 Å². The second-order valence-electron chi connectivity index (χ2n) is 3.86. The van der Waals surface area contributed by atoms with Gasteiger partial charge in [0.1, 0.15) is 11.6 Å². The number of hydrogen-bond donors (Lipinski definition) is 1. The first-order chi connectivity index (χ1) is 8.22. The number of hydrogen-bond acceptors (Lipinski definition) is 4. The Bertz CT molecular complexity index is 358. The summed E-state index contributed by atoms with van der Waals surface area (Å²) >= 11 is 4.12. The van der Waals surface area contributed by atoms with E-state index in [4.69, 9.17) is 0 Å². The van der Waals surface area contributed by atoms with E-state index in [-0.39, 0.29) is 0 Å². The summed E-state index contributed by atoms with van der Waals surface area (Å²) in [4.78, 5) is 9.23. The average Bonchev–Trinajstić information content (AvgIpc) is 2.32. The number of aromatic nitrogens is 2. The van der Waals surface area contributed by atoms with Gasteiger partial charge in [-0.3, -0.25) is 0 Å². The van der Waals surface area contributed by atoms with Crippen molar-refractivity contribution in [2.45, 2.75) is 38.9 Å². The molecule has 0 unspecified atom stereocenters. The Balaban J connectivity index is 2.99. The Morgan fingerprint density at radius 2 is 2.00 bits per heavy atom. The van der Waals surface area contributed by atoms with E-state index in [0.29, 0.717) is 0 Å². The highest BCUT2D eigenvalue weighted by molar-refractivity contribution is 14.1. The van der Waals surface area contributed by atoms with E-state index in [1.54, 1.807) is 11.8 Å². The largest absolute Gasteiger partial charge is 0.369 e. The third-order valence-electron chi connectivity index (χ3n) is 2.27. The molecule has 0 amide bonds. The molecule has 0 aromatic carbocycles. The summed E-state index contributed by atoms with van der Waals surface area (Å²) < 4.78 is 1.18. The van der Waals surface area contributed by atoms with Crippen LogP contribution in [0, 0.1) is 3.57 Å². The van der Waals surface area contributed by atoms with Crippen molar-refractivity contribution >= 4 is 40.2 Å². The Morgan fingerprint density at radius 1 is 1.24 bits per heavy atom. The lowest BCUT2D eigenvalue weighted by atomic mass is 10.2. The maximum absolute atomic E-state index is 4.64. The van der Waals surface area contributed by atoms with Crippen molar-refractivity contribution in [3.8, 4) is 0 Å². The SMILES string of the molecule is CCCNc1nc(CSC)nc(CCC)c1I. The standard InChI is InChI=1S/C12H20IN3S/c1-4-6-9-11(13)12(14-7-5-2)16-10(15-9)8-17-3/h4-8H2,1-3H3,(H,14,15,16). The van der Waals surface area contributed by atoms with Crippen molar-refractivity contribution in [3.63, 3.8) is 0 Å². The molecule has 1 aromatic rings. The van der Waals surface area contributed by atoms with E-state index in [1.165, 1.54) is 9.26 Å². The number of aryl methyl sites for hydroxylation is 1. The van der Waals surface area contributed by atoms with Crippen LogP contribution in [-0.4, -0.2) is 22.8 Å². The Hall–Kier alpha value is -0.0400. The fraction of sp³-hybridized carbons (Fsp3) is 0.667. The van der Waals surface area contributed by atoms with Crippen LogP contribution in [0.15, 0.2) is 0 Å².